The number of fused-ring (bicyclic) bond motifs is 3. The van der Waals surface area contributed by atoms with Crippen molar-refractivity contribution >= 4 is 23.3 Å². The number of nitrogens with one attached hydrogen (secondary N) is 1. The Balaban J connectivity index is 1.20. The molecule has 6 rings (SSSR count). The van der Waals surface area contributed by atoms with Gasteiger partial charge in [-0.25, -0.2) is 17.9 Å². The Bertz CT molecular complexity index is 1310. The molecule has 2 bridgehead atoms. The number of aromatic nitrogens is 4. The summed E-state index contributed by atoms with van der Waals surface area (Å²) < 4.78 is 82.8. The molecule has 0 radical (unpaired) electrons. The van der Waals surface area contributed by atoms with Crippen molar-refractivity contribution in [3.05, 3.63) is 53.6 Å². The zero-order chi connectivity index (χ0) is 25.9. The molecule has 2 atom stereocenters. The van der Waals surface area contributed by atoms with Crippen molar-refractivity contribution in [3.63, 3.8) is 0 Å². The highest BCUT2D eigenvalue weighted by atomic mass is 19.4. The monoisotopic (exact) mass is 523 g/mol. The quantitative estimate of drug-likeness (QED) is 0.385. The number of anilines is 4. The molecule has 2 unspecified atom stereocenters. The predicted octanol–water partition coefficient (Wildman–Crippen LogP) is 4.98. The molecule has 7 nitrogen and oxygen atoms in total. The minimum atomic E-state index is -4.50. The standard InChI is InChI=1S/C24H23F6N7/c25-16-4-5-17(20(27)19(16)26)36-8-1-9-37-23(36)33-22(34-37)32-21-13-2-3-14(21)12-35(11-13)15-6-7-31-18(10-15)24(28,29)30/h4-7,10,13-14,21H,1-3,8-9,11-12H2,(H,32,34). The average Bonchev–Trinajstić information content (AvgIpc) is 3.38. The van der Waals surface area contributed by atoms with Crippen molar-refractivity contribution in [1.29, 1.82) is 0 Å². The maximum atomic E-state index is 14.5. The van der Waals surface area contributed by atoms with E-state index in [9.17, 15) is 26.3 Å². The third-order valence-corrected chi connectivity index (χ3v) is 7.48. The highest BCUT2D eigenvalue weighted by molar-refractivity contribution is 5.60. The van der Waals surface area contributed by atoms with Crippen LogP contribution in [0.3, 0.4) is 0 Å². The number of hydrogen-bond acceptors (Lipinski definition) is 6. The van der Waals surface area contributed by atoms with Crippen LogP contribution >= 0.6 is 0 Å². The molecule has 1 aliphatic carbocycles. The van der Waals surface area contributed by atoms with Crippen LogP contribution in [0.2, 0.25) is 0 Å². The highest BCUT2D eigenvalue weighted by Crippen LogP contribution is 2.41. The van der Waals surface area contributed by atoms with Gasteiger partial charge in [0.25, 0.3) is 0 Å². The first kappa shape index (κ1) is 23.9. The van der Waals surface area contributed by atoms with E-state index < -0.39 is 29.3 Å². The molecular weight excluding hydrogens is 500 g/mol. The second-order valence-corrected chi connectivity index (χ2v) is 9.73. The summed E-state index contributed by atoms with van der Waals surface area (Å²) in [5.41, 5.74) is -0.521. The number of aryl methyl sites for hydroxylation is 1. The molecule has 1 N–H and O–H groups in total. The van der Waals surface area contributed by atoms with Crippen LogP contribution in [0.25, 0.3) is 0 Å². The number of alkyl halides is 3. The van der Waals surface area contributed by atoms with Crippen molar-refractivity contribution in [2.45, 2.75) is 38.0 Å². The van der Waals surface area contributed by atoms with Crippen molar-refractivity contribution < 1.29 is 26.3 Å². The van der Waals surface area contributed by atoms with E-state index in [2.05, 4.69) is 20.4 Å². The maximum absolute atomic E-state index is 14.5. The van der Waals surface area contributed by atoms with E-state index in [1.165, 1.54) is 17.2 Å². The van der Waals surface area contributed by atoms with Gasteiger partial charge in [-0.3, -0.25) is 4.98 Å². The fraction of sp³-hybridized carbons (Fsp3) is 0.458. The van der Waals surface area contributed by atoms with E-state index in [0.29, 0.717) is 50.2 Å². The van der Waals surface area contributed by atoms with Crippen LogP contribution in [0.15, 0.2) is 30.5 Å². The molecule has 3 aromatic rings. The fourth-order valence-electron chi connectivity index (χ4n) is 5.76. The zero-order valence-electron chi connectivity index (χ0n) is 19.5. The number of halogens is 6. The number of piperidine rings is 1. The van der Waals surface area contributed by atoms with E-state index in [1.807, 2.05) is 4.90 Å². The third-order valence-electron chi connectivity index (χ3n) is 7.48. The molecular formula is C24H23F6N7. The lowest BCUT2D eigenvalue weighted by molar-refractivity contribution is -0.141. The highest BCUT2D eigenvalue weighted by Gasteiger charge is 2.43. The SMILES string of the molecule is Fc1ccc(N2CCCn3nc(NC4C5CCC4CN(c4ccnc(C(F)(F)F)c4)C5)nc32)c(F)c1F. The summed E-state index contributed by atoms with van der Waals surface area (Å²) in [4.78, 5) is 11.5. The molecule has 1 aromatic carbocycles. The maximum Gasteiger partial charge on any atom is 0.433 e. The predicted molar refractivity (Wildman–Crippen MR) is 123 cm³/mol. The van der Waals surface area contributed by atoms with E-state index in [4.69, 9.17) is 0 Å². The number of rotatable bonds is 4. The van der Waals surface area contributed by atoms with Crippen molar-refractivity contribution in [3.8, 4) is 0 Å². The second-order valence-electron chi connectivity index (χ2n) is 9.73. The summed E-state index contributed by atoms with van der Waals surface area (Å²) in [6, 6.07) is 4.78. The molecule has 196 valence electrons. The summed E-state index contributed by atoms with van der Waals surface area (Å²) in [6.45, 7) is 2.07. The Labute approximate surface area is 208 Å². The van der Waals surface area contributed by atoms with Gasteiger partial charge in [0.15, 0.2) is 17.5 Å². The Hall–Kier alpha value is -3.51. The first-order chi connectivity index (χ1) is 17.7. The van der Waals surface area contributed by atoms with Gasteiger partial charge in [-0.05, 0) is 55.4 Å². The van der Waals surface area contributed by atoms with Gasteiger partial charge in [0.05, 0.1) is 5.69 Å². The number of benzene rings is 1. The lowest BCUT2D eigenvalue weighted by Crippen LogP contribution is -2.48. The number of hydrogen-bond donors (Lipinski definition) is 1. The van der Waals surface area contributed by atoms with Gasteiger partial charge in [0.2, 0.25) is 11.9 Å². The first-order valence-electron chi connectivity index (χ1n) is 12.1. The second kappa shape index (κ2) is 8.80. The van der Waals surface area contributed by atoms with Gasteiger partial charge >= 0.3 is 6.18 Å². The fourth-order valence-corrected chi connectivity index (χ4v) is 5.76. The van der Waals surface area contributed by atoms with Crippen LogP contribution in [0, 0.1) is 29.3 Å². The van der Waals surface area contributed by atoms with E-state index in [0.717, 1.165) is 25.0 Å². The molecule has 2 aliphatic heterocycles. The van der Waals surface area contributed by atoms with E-state index in [1.54, 1.807) is 10.7 Å². The van der Waals surface area contributed by atoms with Crippen molar-refractivity contribution in [1.82, 2.24) is 19.7 Å². The Morgan fingerprint density at radius 3 is 2.43 bits per heavy atom. The molecule has 13 heteroatoms. The Kier molecular flexibility index (Phi) is 5.68. The van der Waals surface area contributed by atoms with Crippen LogP contribution in [-0.2, 0) is 12.7 Å². The van der Waals surface area contributed by atoms with Gasteiger partial charge in [0.1, 0.15) is 5.69 Å². The van der Waals surface area contributed by atoms with Gasteiger partial charge in [-0.15, -0.1) is 5.10 Å². The van der Waals surface area contributed by atoms with Crippen LogP contribution < -0.4 is 15.1 Å². The number of nitrogens with zero attached hydrogens (tertiary/aromatic N) is 6. The molecule has 0 spiro atoms. The van der Waals surface area contributed by atoms with E-state index in [-0.39, 0.29) is 23.6 Å². The minimum absolute atomic E-state index is 0.0260. The average molecular weight is 523 g/mol. The Morgan fingerprint density at radius 2 is 1.70 bits per heavy atom. The summed E-state index contributed by atoms with van der Waals surface area (Å²) in [7, 11) is 0. The van der Waals surface area contributed by atoms with Crippen LogP contribution in [-0.4, -0.2) is 45.4 Å². The summed E-state index contributed by atoms with van der Waals surface area (Å²) in [5.74, 6) is -3.05. The van der Waals surface area contributed by atoms with Gasteiger partial charge in [0, 0.05) is 44.1 Å². The third kappa shape index (κ3) is 4.23. The van der Waals surface area contributed by atoms with Crippen molar-refractivity contribution in [2.75, 3.05) is 34.8 Å². The first-order valence-corrected chi connectivity index (χ1v) is 12.1. The molecule has 1 saturated carbocycles. The minimum Gasteiger partial charge on any atom is -0.371 e. The topological polar surface area (TPSA) is 62.1 Å². The van der Waals surface area contributed by atoms with Crippen LogP contribution in [0.5, 0.6) is 0 Å². The lowest BCUT2D eigenvalue weighted by atomic mass is 9.92. The summed E-state index contributed by atoms with van der Waals surface area (Å²) in [5, 5.41) is 7.92. The van der Waals surface area contributed by atoms with E-state index >= 15 is 0 Å². The van der Waals surface area contributed by atoms with Crippen LogP contribution in [0.4, 0.5) is 49.6 Å². The van der Waals surface area contributed by atoms with Gasteiger partial charge < -0.3 is 15.1 Å². The summed E-state index contributed by atoms with van der Waals surface area (Å²) in [6.07, 6.45) is -0.877. The normalized spacial score (nSPS) is 23.4. The van der Waals surface area contributed by atoms with Crippen molar-refractivity contribution in [2.24, 2.45) is 11.8 Å². The molecule has 37 heavy (non-hydrogen) atoms. The molecule has 3 aliphatic rings. The molecule has 2 aromatic heterocycles. The zero-order valence-corrected chi connectivity index (χ0v) is 19.5. The number of pyridine rings is 1. The van der Waals surface area contributed by atoms with Crippen LogP contribution in [0.1, 0.15) is 25.0 Å². The molecule has 4 heterocycles. The Morgan fingerprint density at radius 1 is 0.946 bits per heavy atom. The molecule has 1 saturated heterocycles. The molecule has 2 fully saturated rings. The smallest absolute Gasteiger partial charge is 0.371 e. The summed E-state index contributed by atoms with van der Waals surface area (Å²) >= 11 is 0. The largest absolute Gasteiger partial charge is 0.433 e. The van der Waals surface area contributed by atoms with Gasteiger partial charge in [-0.2, -0.15) is 18.2 Å². The van der Waals surface area contributed by atoms with Gasteiger partial charge in [-0.1, -0.05) is 0 Å². The molecule has 0 amide bonds. The lowest BCUT2D eigenvalue weighted by Gasteiger charge is -2.39.